The van der Waals surface area contributed by atoms with Crippen molar-refractivity contribution in [1.29, 1.82) is 0 Å². The van der Waals surface area contributed by atoms with Crippen molar-refractivity contribution < 1.29 is 14.6 Å². The normalized spacial score (nSPS) is 16.5. The number of hydrogen-bond donors (Lipinski definition) is 2. The summed E-state index contributed by atoms with van der Waals surface area (Å²) in [5, 5.41) is 13.5. The van der Waals surface area contributed by atoms with Gasteiger partial charge in [0.2, 0.25) is 0 Å². The fourth-order valence-corrected chi connectivity index (χ4v) is 4.19. The van der Waals surface area contributed by atoms with E-state index in [2.05, 4.69) is 47.2 Å². The summed E-state index contributed by atoms with van der Waals surface area (Å²) in [4.78, 5) is 17.4. The van der Waals surface area contributed by atoms with Gasteiger partial charge in [0, 0.05) is 44.8 Å². The smallest absolute Gasteiger partial charge is 0.252 e. The highest BCUT2D eigenvalue weighted by Gasteiger charge is 2.30. The summed E-state index contributed by atoms with van der Waals surface area (Å²) in [5.74, 6) is 0.431. The first-order valence-electron chi connectivity index (χ1n) is 11.5. The Bertz CT molecular complexity index is 888. The van der Waals surface area contributed by atoms with Crippen LogP contribution in [0.2, 0.25) is 0 Å². The van der Waals surface area contributed by atoms with Gasteiger partial charge in [0.25, 0.3) is 5.91 Å². The minimum absolute atomic E-state index is 0.267. The number of hydrogen-bond acceptors (Lipinski definition) is 5. The maximum Gasteiger partial charge on any atom is 0.252 e. The number of nitrogens with one attached hydrogen (secondary N) is 1. The summed E-state index contributed by atoms with van der Waals surface area (Å²) < 4.78 is 5.15. The Kier molecular flexibility index (Phi) is 8.15. The maximum absolute atomic E-state index is 12.5. The summed E-state index contributed by atoms with van der Waals surface area (Å²) in [5.41, 5.74) is 3.43. The molecule has 1 fully saturated rings. The molecule has 2 aromatic rings. The van der Waals surface area contributed by atoms with E-state index < -0.39 is 5.60 Å². The van der Waals surface area contributed by atoms with Gasteiger partial charge in [-0.2, -0.15) is 0 Å². The third-order valence-corrected chi connectivity index (χ3v) is 6.21. The van der Waals surface area contributed by atoms with Crippen molar-refractivity contribution in [1.82, 2.24) is 10.2 Å². The van der Waals surface area contributed by atoms with Crippen molar-refractivity contribution in [2.75, 3.05) is 51.3 Å². The second kappa shape index (κ2) is 10.8. The molecule has 1 unspecified atom stereocenters. The molecule has 6 heteroatoms. The summed E-state index contributed by atoms with van der Waals surface area (Å²) in [7, 11) is 1.61. The molecule has 2 N–H and O–H groups in total. The molecule has 0 aromatic heterocycles. The highest BCUT2D eigenvalue weighted by Crippen LogP contribution is 2.23. The molecule has 0 saturated carbocycles. The Morgan fingerprint density at radius 2 is 1.78 bits per heavy atom. The van der Waals surface area contributed by atoms with Crippen molar-refractivity contribution in [3.05, 3.63) is 59.2 Å². The fourth-order valence-electron chi connectivity index (χ4n) is 4.19. The number of carbonyl (C=O) groups is 1. The average Bonchev–Trinajstić information content (AvgIpc) is 2.79. The van der Waals surface area contributed by atoms with E-state index in [9.17, 15) is 9.90 Å². The highest BCUT2D eigenvalue weighted by molar-refractivity contribution is 5.84. The number of carbonyl (C=O) groups excluding carboxylic acids is 1. The Hall–Kier alpha value is -2.57. The molecule has 1 aliphatic heterocycles. The topological polar surface area (TPSA) is 65.0 Å². The molecule has 2 aromatic carbocycles. The minimum Gasteiger partial charge on any atom is -0.497 e. The van der Waals surface area contributed by atoms with E-state index >= 15 is 0 Å². The van der Waals surface area contributed by atoms with Gasteiger partial charge in [-0.1, -0.05) is 24.3 Å². The Labute approximate surface area is 192 Å². The highest BCUT2D eigenvalue weighted by atomic mass is 16.5. The largest absolute Gasteiger partial charge is 0.497 e. The number of aryl methyl sites for hydroxylation is 2. The van der Waals surface area contributed by atoms with E-state index in [0.29, 0.717) is 6.54 Å². The summed E-state index contributed by atoms with van der Waals surface area (Å²) in [6, 6.07) is 14.1. The van der Waals surface area contributed by atoms with E-state index in [4.69, 9.17) is 4.74 Å². The third-order valence-electron chi connectivity index (χ3n) is 6.21. The number of piperazine rings is 1. The molecular weight excluding hydrogens is 402 g/mol. The number of aliphatic hydroxyl groups is 1. The lowest BCUT2D eigenvalue weighted by molar-refractivity contribution is -0.137. The first-order chi connectivity index (χ1) is 15.3. The standard InChI is InChI=1S/C26H37N3O3/c1-20-6-7-21(2)24(18-20)29-16-14-28(15-17-29)13-5-12-27-25(30)26(3,31)19-22-8-10-23(32-4)11-9-22/h6-11,18,31H,5,12-17,19H2,1-4H3,(H,27,30). The van der Waals surface area contributed by atoms with Gasteiger partial charge in [-0.25, -0.2) is 0 Å². The van der Waals surface area contributed by atoms with Crippen LogP contribution in [0.15, 0.2) is 42.5 Å². The molecule has 32 heavy (non-hydrogen) atoms. The molecule has 1 heterocycles. The molecule has 3 rings (SSSR count). The van der Waals surface area contributed by atoms with Crippen LogP contribution in [0.5, 0.6) is 5.75 Å². The first kappa shape index (κ1) is 24.1. The first-order valence-corrected chi connectivity index (χ1v) is 11.5. The van der Waals surface area contributed by atoms with Gasteiger partial charge in [0.05, 0.1) is 7.11 Å². The number of amides is 1. The van der Waals surface area contributed by atoms with Crippen LogP contribution in [-0.4, -0.2) is 67.9 Å². The van der Waals surface area contributed by atoms with Crippen molar-refractivity contribution in [3.8, 4) is 5.75 Å². The molecule has 1 aliphatic rings. The molecule has 1 atom stereocenters. The number of nitrogens with zero attached hydrogens (tertiary/aromatic N) is 2. The van der Waals surface area contributed by atoms with Gasteiger partial charge in [-0.05, 0) is 68.6 Å². The van der Waals surface area contributed by atoms with Crippen LogP contribution in [-0.2, 0) is 11.2 Å². The predicted octanol–water partition coefficient (Wildman–Crippen LogP) is 2.93. The molecule has 6 nitrogen and oxygen atoms in total. The zero-order valence-corrected chi connectivity index (χ0v) is 19.9. The van der Waals surface area contributed by atoms with Crippen molar-refractivity contribution in [3.63, 3.8) is 0 Å². The van der Waals surface area contributed by atoms with E-state index in [1.165, 1.54) is 16.8 Å². The number of ether oxygens (including phenoxy) is 1. The Morgan fingerprint density at radius 3 is 2.44 bits per heavy atom. The van der Waals surface area contributed by atoms with Gasteiger partial charge in [0.15, 0.2) is 0 Å². The van der Waals surface area contributed by atoms with Gasteiger partial charge >= 0.3 is 0 Å². The van der Waals surface area contributed by atoms with Gasteiger partial charge in [-0.3, -0.25) is 9.69 Å². The van der Waals surface area contributed by atoms with Gasteiger partial charge < -0.3 is 20.1 Å². The molecular formula is C26H37N3O3. The van der Waals surface area contributed by atoms with Crippen LogP contribution in [0, 0.1) is 13.8 Å². The van der Waals surface area contributed by atoms with E-state index in [0.717, 1.165) is 50.5 Å². The molecule has 1 saturated heterocycles. The molecule has 0 spiro atoms. The van der Waals surface area contributed by atoms with Crippen LogP contribution in [0.1, 0.15) is 30.0 Å². The number of benzene rings is 2. The fraction of sp³-hybridized carbons (Fsp3) is 0.500. The van der Waals surface area contributed by atoms with Crippen molar-refractivity contribution in [2.24, 2.45) is 0 Å². The second-order valence-electron chi connectivity index (χ2n) is 9.03. The molecule has 0 radical (unpaired) electrons. The summed E-state index contributed by atoms with van der Waals surface area (Å²) >= 11 is 0. The van der Waals surface area contributed by atoms with Crippen LogP contribution in [0.4, 0.5) is 5.69 Å². The molecule has 1 amide bonds. The van der Waals surface area contributed by atoms with Crippen LogP contribution >= 0.6 is 0 Å². The SMILES string of the molecule is COc1ccc(CC(C)(O)C(=O)NCCCN2CCN(c3cc(C)ccc3C)CC2)cc1. The van der Waals surface area contributed by atoms with Crippen molar-refractivity contribution >= 4 is 11.6 Å². The van der Waals surface area contributed by atoms with E-state index in [1.54, 1.807) is 14.0 Å². The second-order valence-corrected chi connectivity index (χ2v) is 9.03. The number of methoxy groups -OCH3 is 1. The van der Waals surface area contributed by atoms with E-state index in [1.807, 2.05) is 24.3 Å². The molecule has 174 valence electrons. The average molecular weight is 440 g/mol. The molecule has 0 bridgehead atoms. The summed E-state index contributed by atoms with van der Waals surface area (Å²) in [6.45, 7) is 11.5. The quantitative estimate of drug-likeness (QED) is 0.588. The predicted molar refractivity (Wildman–Crippen MR) is 130 cm³/mol. The van der Waals surface area contributed by atoms with Gasteiger partial charge in [-0.15, -0.1) is 0 Å². The van der Waals surface area contributed by atoms with Crippen LogP contribution in [0.3, 0.4) is 0 Å². The lowest BCUT2D eigenvalue weighted by Crippen LogP contribution is -2.48. The third kappa shape index (κ3) is 6.47. The number of anilines is 1. The zero-order valence-electron chi connectivity index (χ0n) is 19.9. The number of rotatable bonds is 9. The lowest BCUT2D eigenvalue weighted by Gasteiger charge is -2.37. The Morgan fingerprint density at radius 1 is 1.09 bits per heavy atom. The van der Waals surface area contributed by atoms with Crippen LogP contribution < -0.4 is 15.0 Å². The lowest BCUT2D eigenvalue weighted by atomic mass is 9.95. The monoisotopic (exact) mass is 439 g/mol. The van der Waals surface area contributed by atoms with Crippen LogP contribution in [0.25, 0.3) is 0 Å². The minimum atomic E-state index is -1.44. The maximum atomic E-state index is 12.5. The van der Waals surface area contributed by atoms with Crippen molar-refractivity contribution in [2.45, 2.75) is 39.2 Å². The zero-order chi connectivity index (χ0) is 23.1. The van der Waals surface area contributed by atoms with Gasteiger partial charge in [0.1, 0.15) is 11.4 Å². The molecule has 0 aliphatic carbocycles. The van der Waals surface area contributed by atoms with E-state index in [-0.39, 0.29) is 12.3 Å². The summed E-state index contributed by atoms with van der Waals surface area (Å²) in [6.07, 6.45) is 1.14. The Balaban J connectivity index is 1.37.